The van der Waals surface area contributed by atoms with Crippen molar-refractivity contribution in [1.29, 1.82) is 0 Å². The standard InChI is InChI=1S/C23H33N3O4S/c1-3-22(27)24-20-11-16-26(18(2)17-20)31(29,30)21-12-14-25(15-13-21)23(28)10-9-19-7-5-4-6-8-19/h3-8,18,20-21H,1,9-17H2,2H3,(H,24,27). The quantitative estimate of drug-likeness (QED) is 0.649. The Bertz CT molecular complexity index is 879. The molecule has 1 aromatic carbocycles. The third kappa shape index (κ3) is 5.95. The molecule has 2 aliphatic rings. The van der Waals surface area contributed by atoms with Crippen LogP contribution in [0, 0.1) is 0 Å². The van der Waals surface area contributed by atoms with Gasteiger partial charge >= 0.3 is 0 Å². The first-order valence-electron chi connectivity index (χ1n) is 11.1. The van der Waals surface area contributed by atoms with Crippen molar-refractivity contribution in [2.75, 3.05) is 19.6 Å². The molecule has 2 aliphatic heterocycles. The van der Waals surface area contributed by atoms with Gasteiger partial charge in [-0.2, -0.15) is 4.31 Å². The Balaban J connectivity index is 1.49. The molecule has 2 heterocycles. The summed E-state index contributed by atoms with van der Waals surface area (Å²) in [6.45, 7) is 6.73. The molecule has 0 aromatic heterocycles. The first-order chi connectivity index (χ1) is 14.8. The van der Waals surface area contributed by atoms with E-state index in [1.165, 1.54) is 6.08 Å². The third-order valence-electron chi connectivity index (χ3n) is 6.36. The van der Waals surface area contributed by atoms with E-state index in [9.17, 15) is 18.0 Å². The van der Waals surface area contributed by atoms with Gasteiger partial charge in [-0.15, -0.1) is 0 Å². The number of likely N-dealkylation sites (tertiary alicyclic amines) is 1. The predicted octanol–water partition coefficient (Wildman–Crippen LogP) is 2.10. The van der Waals surface area contributed by atoms with Gasteiger partial charge in [0.1, 0.15) is 0 Å². The van der Waals surface area contributed by atoms with Gasteiger partial charge in [-0.1, -0.05) is 36.9 Å². The average molecular weight is 448 g/mol. The molecule has 0 aliphatic carbocycles. The highest BCUT2D eigenvalue weighted by Crippen LogP contribution is 2.28. The zero-order chi connectivity index (χ0) is 22.4. The largest absolute Gasteiger partial charge is 0.350 e. The van der Waals surface area contributed by atoms with E-state index in [0.717, 1.165) is 5.56 Å². The molecule has 2 saturated heterocycles. The minimum Gasteiger partial charge on any atom is -0.350 e. The highest BCUT2D eigenvalue weighted by molar-refractivity contribution is 7.89. The second-order valence-corrected chi connectivity index (χ2v) is 10.7. The first kappa shape index (κ1) is 23.5. The molecule has 3 rings (SSSR count). The van der Waals surface area contributed by atoms with E-state index in [0.29, 0.717) is 58.2 Å². The summed E-state index contributed by atoms with van der Waals surface area (Å²) in [5.41, 5.74) is 1.13. The number of sulfonamides is 1. The monoisotopic (exact) mass is 447 g/mol. The second-order valence-electron chi connectivity index (χ2n) is 8.50. The number of hydrogen-bond acceptors (Lipinski definition) is 4. The van der Waals surface area contributed by atoms with Crippen molar-refractivity contribution < 1.29 is 18.0 Å². The van der Waals surface area contributed by atoms with Crippen molar-refractivity contribution in [2.45, 2.75) is 62.8 Å². The van der Waals surface area contributed by atoms with Crippen molar-refractivity contribution in [3.05, 3.63) is 48.6 Å². The van der Waals surface area contributed by atoms with Gasteiger partial charge in [0.25, 0.3) is 0 Å². The number of benzene rings is 1. The molecular weight excluding hydrogens is 414 g/mol. The van der Waals surface area contributed by atoms with E-state index >= 15 is 0 Å². The first-order valence-corrected chi connectivity index (χ1v) is 12.6. The Morgan fingerprint density at radius 1 is 1.13 bits per heavy atom. The van der Waals surface area contributed by atoms with Crippen molar-refractivity contribution in [2.24, 2.45) is 0 Å². The maximum absolute atomic E-state index is 13.2. The Morgan fingerprint density at radius 2 is 1.81 bits per heavy atom. The summed E-state index contributed by atoms with van der Waals surface area (Å²) < 4.78 is 28.1. The van der Waals surface area contributed by atoms with Gasteiger partial charge in [0, 0.05) is 38.1 Å². The topological polar surface area (TPSA) is 86.8 Å². The lowest BCUT2D eigenvalue weighted by molar-refractivity contribution is -0.132. The number of aryl methyl sites for hydroxylation is 1. The number of nitrogens with zero attached hydrogens (tertiary/aromatic N) is 2. The third-order valence-corrected chi connectivity index (χ3v) is 8.87. The Hall–Kier alpha value is -2.19. The molecular formula is C23H33N3O4S. The zero-order valence-electron chi connectivity index (χ0n) is 18.2. The van der Waals surface area contributed by atoms with Crippen LogP contribution in [0.5, 0.6) is 0 Å². The van der Waals surface area contributed by atoms with Crippen LogP contribution in [0.4, 0.5) is 0 Å². The molecule has 0 saturated carbocycles. The average Bonchev–Trinajstić information content (AvgIpc) is 2.78. The number of rotatable bonds is 7. The van der Waals surface area contributed by atoms with Crippen LogP contribution in [0.25, 0.3) is 0 Å². The van der Waals surface area contributed by atoms with E-state index in [4.69, 9.17) is 0 Å². The van der Waals surface area contributed by atoms with Gasteiger partial charge in [-0.3, -0.25) is 9.59 Å². The summed E-state index contributed by atoms with van der Waals surface area (Å²) in [6.07, 6.45) is 4.52. The predicted molar refractivity (Wildman–Crippen MR) is 121 cm³/mol. The van der Waals surface area contributed by atoms with Crippen LogP contribution in [0.2, 0.25) is 0 Å². The van der Waals surface area contributed by atoms with Crippen molar-refractivity contribution in [3.63, 3.8) is 0 Å². The molecule has 31 heavy (non-hydrogen) atoms. The van der Waals surface area contributed by atoms with Crippen LogP contribution >= 0.6 is 0 Å². The molecule has 2 fully saturated rings. The molecule has 1 N–H and O–H groups in total. The summed E-state index contributed by atoms with van der Waals surface area (Å²) in [4.78, 5) is 25.9. The maximum atomic E-state index is 13.2. The van der Waals surface area contributed by atoms with E-state index in [-0.39, 0.29) is 23.9 Å². The SMILES string of the molecule is C=CC(=O)NC1CCN(S(=O)(=O)C2CCN(C(=O)CCc3ccccc3)CC2)C(C)C1. The Kier molecular flexibility index (Phi) is 7.89. The molecule has 0 radical (unpaired) electrons. The Morgan fingerprint density at radius 3 is 2.42 bits per heavy atom. The van der Waals surface area contributed by atoms with Crippen LogP contribution < -0.4 is 5.32 Å². The van der Waals surface area contributed by atoms with E-state index in [1.54, 1.807) is 9.21 Å². The van der Waals surface area contributed by atoms with Gasteiger partial charge < -0.3 is 10.2 Å². The lowest BCUT2D eigenvalue weighted by Gasteiger charge is -2.40. The number of carbonyl (C=O) groups excluding carboxylic acids is 2. The van der Waals surface area contributed by atoms with Gasteiger partial charge in [-0.05, 0) is 50.7 Å². The summed E-state index contributed by atoms with van der Waals surface area (Å²) in [7, 11) is -3.43. The summed E-state index contributed by atoms with van der Waals surface area (Å²) in [5.74, 6) is -0.135. The molecule has 2 unspecified atom stereocenters. The van der Waals surface area contributed by atoms with Crippen LogP contribution in [0.3, 0.4) is 0 Å². The van der Waals surface area contributed by atoms with Crippen LogP contribution in [-0.2, 0) is 26.0 Å². The molecule has 2 amide bonds. The second kappa shape index (κ2) is 10.4. The van der Waals surface area contributed by atoms with Gasteiger partial charge in [0.2, 0.25) is 21.8 Å². The zero-order valence-corrected chi connectivity index (χ0v) is 19.0. The fourth-order valence-corrected chi connectivity index (χ4v) is 6.71. The minimum absolute atomic E-state index is 0.0315. The number of nitrogens with one attached hydrogen (secondary N) is 1. The normalized spacial score (nSPS) is 23.3. The molecule has 2 atom stereocenters. The summed E-state index contributed by atoms with van der Waals surface area (Å²) >= 11 is 0. The van der Waals surface area contributed by atoms with Crippen molar-refractivity contribution in [1.82, 2.24) is 14.5 Å². The lowest BCUT2D eigenvalue weighted by atomic mass is 10.0. The van der Waals surface area contributed by atoms with Crippen LogP contribution in [0.15, 0.2) is 43.0 Å². The fraction of sp³-hybridized carbons (Fsp3) is 0.565. The van der Waals surface area contributed by atoms with E-state index < -0.39 is 15.3 Å². The highest BCUT2D eigenvalue weighted by atomic mass is 32.2. The lowest BCUT2D eigenvalue weighted by Crippen LogP contribution is -2.54. The van der Waals surface area contributed by atoms with Gasteiger partial charge in [0.05, 0.1) is 5.25 Å². The highest BCUT2D eigenvalue weighted by Gasteiger charge is 2.40. The van der Waals surface area contributed by atoms with Gasteiger partial charge in [0.15, 0.2) is 0 Å². The maximum Gasteiger partial charge on any atom is 0.243 e. The van der Waals surface area contributed by atoms with Crippen LogP contribution in [0.1, 0.15) is 44.6 Å². The molecule has 170 valence electrons. The summed E-state index contributed by atoms with van der Waals surface area (Å²) in [6, 6.07) is 9.71. The molecule has 8 heteroatoms. The molecule has 0 spiro atoms. The van der Waals surface area contributed by atoms with Crippen molar-refractivity contribution in [3.8, 4) is 0 Å². The van der Waals surface area contributed by atoms with Crippen molar-refractivity contribution >= 4 is 21.8 Å². The fourth-order valence-electron chi connectivity index (χ4n) is 4.57. The van der Waals surface area contributed by atoms with E-state index in [2.05, 4.69) is 11.9 Å². The Labute approximate surface area is 185 Å². The minimum atomic E-state index is -3.43. The summed E-state index contributed by atoms with van der Waals surface area (Å²) in [5, 5.41) is 2.42. The van der Waals surface area contributed by atoms with Gasteiger partial charge in [-0.25, -0.2) is 8.42 Å². The molecule has 1 aromatic rings. The number of piperidine rings is 2. The molecule has 7 nitrogen and oxygen atoms in total. The smallest absolute Gasteiger partial charge is 0.243 e. The number of amides is 2. The number of carbonyl (C=O) groups is 2. The molecule has 0 bridgehead atoms. The number of hydrogen-bond donors (Lipinski definition) is 1. The van der Waals surface area contributed by atoms with Crippen LogP contribution in [-0.4, -0.2) is 66.4 Å². The van der Waals surface area contributed by atoms with E-state index in [1.807, 2.05) is 37.3 Å².